The van der Waals surface area contributed by atoms with E-state index in [1.165, 1.54) is 0 Å². The molecule has 0 bridgehead atoms. The molecule has 0 saturated heterocycles. The van der Waals surface area contributed by atoms with Crippen LogP contribution < -0.4 is 10.1 Å². The molecule has 0 radical (unpaired) electrons. The molecule has 1 heterocycles. The second-order valence-electron chi connectivity index (χ2n) is 6.94. The van der Waals surface area contributed by atoms with Crippen LogP contribution in [0.25, 0.3) is 0 Å². The average Bonchev–Trinajstić information content (AvgIpc) is 3.13. The topological polar surface area (TPSA) is 51.2 Å². The van der Waals surface area contributed by atoms with Crippen molar-refractivity contribution in [1.29, 1.82) is 0 Å². The summed E-state index contributed by atoms with van der Waals surface area (Å²) in [5.74, 6) is 0.652. The molecular formula is C21H25ClN2O2. The minimum absolute atomic E-state index is 0.0285. The Labute approximate surface area is 159 Å². The number of benzene rings is 1. The Hall–Kier alpha value is -2.07. The summed E-state index contributed by atoms with van der Waals surface area (Å²) in [6.45, 7) is 4.64. The summed E-state index contributed by atoms with van der Waals surface area (Å²) in [5.41, 5.74) is 2.17. The number of nitrogens with one attached hydrogen (secondary N) is 1. The maximum absolute atomic E-state index is 13.2. The summed E-state index contributed by atoms with van der Waals surface area (Å²) >= 11 is 6.02. The van der Waals surface area contributed by atoms with Crippen molar-refractivity contribution in [2.75, 3.05) is 11.9 Å². The molecule has 1 aliphatic rings. The molecule has 3 rings (SSSR count). The van der Waals surface area contributed by atoms with Gasteiger partial charge in [-0.3, -0.25) is 4.79 Å². The summed E-state index contributed by atoms with van der Waals surface area (Å²) in [5, 5.41) is 3.76. The van der Waals surface area contributed by atoms with E-state index in [-0.39, 0.29) is 5.91 Å². The number of nitrogens with zero attached hydrogens (tertiary/aromatic N) is 1. The van der Waals surface area contributed by atoms with Crippen LogP contribution in [0.2, 0.25) is 5.02 Å². The van der Waals surface area contributed by atoms with E-state index in [1.54, 1.807) is 6.20 Å². The van der Waals surface area contributed by atoms with Gasteiger partial charge in [0, 0.05) is 10.6 Å². The van der Waals surface area contributed by atoms with Crippen molar-refractivity contribution in [3.63, 3.8) is 0 Å². The number of rotatable bonds is 6. The van der Waals surface area contributed by atoms with Gasteiger partial charge in [-0.15, -0.1) is 0 Å². The quantitative estimate of drug-likeness (QED) is 0.750. The minimum atomic E-state index is -0.490. The average molecular weight is 373 g/mol. The summed E-state index contributed by atoms with van der Waals surface area (Å²) in [6.07, 6.45) is 6.41. The summed E-state index contributed by atoms with van der Waals surface area (Å²) in [7, 11) is 0. The molecule has 26 heavy (non-hydrogen) atoms. The predicted octanol–water partition coefficient (Wildman–Crippen LogP) is 5.28. The van der Waals surface area contributed by atoms with E-state index < -0.39 is 5.41 Å². The molecule has 138 valence electrons. The fraction of sp³-hybridized carbons (Fsp3) is 0.429. The van der Waals surface area contributed by atoms with Crippen LogP contribution in [-0.2, 0) is 10.2 Å². The van der Waals surface area contributed by atoms with E-state index in [0.717, 1.165) is 43.2 Å². The van der Waals surface area contributed by atoms with Gasteiger partial charge in [-0.05, 0) is 49.9 Å². The van der Waals surface area contributed by atoms with Gasteiger partial charge in [0.1, 0.15) is 0 Å². The number of carbonyl (C=O) groups excluding carboxylic acids is 1. The lowest BCUT2D eigenvalue weighted by Crippen LogP contribution is -2.38. The Kier molecular flexibility index (Phi) is 5.82. The van der Waals surface area contributed by atoms with E-state index in [2.05, 4.69) is 17.2 Å². The molecule has 1 saturated carbocycles. The molecule has 0 aliphatic heterocycles. The largest absolute Gasteiger partial charge is 0.477 e. The lowest BCUT2D eigenvalue weighted by Gasteiger charge is -2.28. The van der Waals surface area contributed by atoms with Crippen molar-refractivity contribution >= 4 is 23.2 Å². The highest BCUT2D eigenvalue weighted by atomic mass is 35.5. The number of ether oxygens (including phenoxy) is 1. The molecule has 4 nitrogen and oxygen atoms in total. The van der Waals surface area contributed by atoms with Gasteiger partial charge >= 0.3 is 0 Å². The number of halogens is 1. The number of pyridine rings is 1. The third-order valence-electron chi connectivity index (χ3n) is 5.02. The number of amides is 1. The second kappa shape index (κ2) is 8.09. The van der Waals surface area contributed by atoms with Gasteiger partial charge in [0.25, 0.3) is 0 Å². The Morgan fingerprint density at radius 2 is 1.96 bits per heavy atom. The van der Waals surface area contributed by atoms with Gasteiger partial charge in [0.2, 0.25) is 11.8 Å². The van der Waals surface area contributed by atoms with Crippen LogP contribution in [-0.4, -0.2) is 17.5 Å². The van der Waals surface area contributed by atoms with E-state index in [1.807, 2.05) is 37.3 Å². The number of aromatic nitrogens is 1. The van der Waals surface area contributed by atoms with Crippen LogP contribution in [0.3, 0.4) is 0 Å². The zero-order valence-corrected chi connectivity index (χ0v) is 16.1. The van der Waals surface area contributed by atoms with Crippen LogP contribution in [0, 0.1) is 6.92 Å². The molecule has 1 aromatic carbocycles. The maximum atomic E-state index is 13.2. The van der Waals surface area contributed by atoms with E-state index in [4.69, 9.17) is 16.3 Å². The SMILES string of the molecule is CCCOc1ncc(NC(=O)C2(c3ccc(Cl)cc3)CCCC2)cc1C. The Bertz CT molecular complexity index is 768. The fourth-order valence-corrected chi connectivity index (χ4v) is 3.75. The monoisotopic (exact) mass is 372 g/mol. The van der Waals surface area contributed by atoms with Gasteiger partial charge in [-0.1, -0.05) is 43.5 Å². The van der Waals surface area contributed by atoms with Crippen molar-refractivity contribution in [3.8, 4) is 5.88 Å². The number of carbonyl (C=O) groups is 1. The molecule has 1 aliphatic carbocycles. The molecule has 1 fully saturated rings. The molecule has 0 atom stereocenters. The summed E-state index contributed by atoms with van der Waals surface area (Å²) in [4.78, 5) is 17.5. The highest BCUT2D eigenvalue weighted by Gasteiger charge is 2.42. The first-order valence-corrected chi connectivity index (χ1v) is 9.60. The van der Waals surface area contributed by atoms with Gasteiger partial charge in [0.05, 0.1) is 23.9 Å². The van der Waals surface area contributed by atoms with Gasteiger partial charge in [-0.25, -0.2) is 4.98 Å². The zero-order valence-electron chi connectivity index (χ0n) is 15.3. The van der Waals surface area contributed by atoms with E-state index >= 15 is 0 Å². The Morgan fingerprint density at radius 1 is 1.27 bits per heavy atom. The van der Waals surface area contributed by atoms with Crippen molar-refractivity contribution in [2.45, 2.75) is 51.4 Å². The first kappa shape index (κ1) is 18.7. The number of aryl methyl sites for hydroxylation is 1. The molecule has 1 aromatic heterocycles. The fourth-order valence-electron chi connectivity index (χ4n) is 3.63. The summed E-state index contributed by atoms with van der Waals surface area (Å²) < 4.78 is 5.61. The highest BCUT2D eigenvalue weighted by molar-refractivity contribution is 6.30. The maximum Gasteiger partial charge on any atom is 0.235 e. The number of anilines is 1. The third-order valence-corrected chi connectivity index (χ3v) is 5.27. The minimum Gasteiger partial charge on any atom is -0.477 e. The van der Waals surface area contributed by atoms with Crippen LogP contribution in [0.4, 0.5) is 5.69 Å². The number of hydrogen-bond acceptors (Lipinski definition) is 3. The predicted molar refractivity (Wildman–Crippen MR) is 105 cm³/mol. The third kappa shape index (κ3) is 3.85. The number of hydrogen-bond donors (Lipinski definition) is 1. The van der Waals surface area contributed by atoms with Crippen LogP contribution in [0.1, 0.15) is 50.2 Å². The molecule has 5 heteroatoms. The van der Waals surface area contributed by atoms with E-state index in [9.17, 15) is 4.79 Å². The molecule has 0 spiro atoms. The lowest BCUT2D eigenvalue weighted by molar-refractivity contribution is -0.121. The van der Waals surface area contributed by atoms with Crippen LogP contribution >= 0.6 is 11.6 Å². The molecular weight excluding hydrogens is 348 g/mol. The zero-order chi connectivity index (χ0) is 18.6. The van der Waals surface area contributed by atoms with Crippen LogP contribution in [0.5, 0.6) is 5.88 Å². The van der Waals surface area contributed by atoms with Crippen molar-refractivity contribution in [1.82, 2.24) is 4.98 Å². The highest BCUT2D eigenvalue weighted by Crippen LogP contribution is 2.42. The van der Waals surface area contributed by atoms with Crippen molar-refractivity contribution < 1.29 is 9.53 Å². The molecule has 2 aromatic rings. The van der Waals surface area contributed by atoms with Gasteiger partial charge in [0.15, 0.2) is 0 Å². The Morgan fingerprint density at radius 3 is 2.58 bits per heavy atom. The van der Waals surface area contributed by atoms with Crippen LogP contribution in [0.15, 0.2) is 36.5 Å². The van der Waals surface area contributed by atoms with Crippen molar-refractivity contribution in [2.24, 2.45) is 0 Å². The van der Waals surface area contributed by atoms with Gasteiger partial charge < -0.3 is 10.1 Å². The van der Waals surface area contributed by atoms with Crippen molar-refractivity contribution in [3.05, 3.63) is 52.7 Å². The molecule has 0 unspecified atom stereocenters. The smallest absolute Gasteiger partial charge is 0.235 e. The second-order valence-corrected chi connectivity index (χ2v) is 7.38. The lowest BCUT2D eigenvalue weighted by atomic mass is 9.78. The first-order valence-electron chi connectivity index (χ1n) is 9.22. The van der Waals surface area contributed by atoms with Gasteiger partial charge in [-0.2, -0.15) is 0 Å². The summed E-state index contributed by atoms with van der Waals surface area (Å²) in [6, 6.07) is 9.57. The Balaban J connectivity index is 1.81. The first-order chi connectivity index (χ1) is 12.5. The standard InChI is InChI=1S/C21H25ClN2O2/c1-3-12-26-19-15(2)13-18(14-23-19)24-20(25)21(10-4-5-11-21)16-6-8-17(22)9-7-16/h6-9,13-14H,3-5,10-12H2,1-2H3,(H,24,25). The molecule has 1 amide bonds. The molecule has 1 N–H and O–H groups in total. The normalized spacial score (nSPS) is 15.7. The van der Waals surface area contributed by atoms with E-state index in [0.29, 0.717) is 23.2 Å².